The van der Waals surface area contributed by atoms with E-state index in [1.165, 1.54) is 19.1 Å². The topological polar surface area (TPSA) is 58.6 Å². The van der Waals surface area contributed by atoms with E-state index in [9.17, 15) is 14.3 Å². The number of amides is 1. The molecule has 106 valence electrons. The van der Waals surface area contributed by atoms with Crippen molar-refractivity contribution in [3.63, 3.8) is 0 Å². The maximum atomic E-state index is 14.3. The number of rotatable bonds is 5. The fraction of sp³-hybridized carbons (Fsp3) is 0.500. The summed E-state index contributed by atoms with van der Waals surface area (Å²) in [4.78, 5) is 11.5. The van der Waals surface area contributed by atoms with Crippen LogP contribution in [0.3, 0.4) is 0 Å². The predicted octanol–water partition coefficient (Wildman–Crippen LogP) is 2.94. The molecule has 19 heavy (non-hydrogen) atoms. The van der Waals surface area contributed by atoms with Crippen LogP contribution in [0.2, 0.25) is 0 Å². The number of carbonyl (C=O) groups is 1. The standard InChI is InChI=1S/C14H20FNO3/c1-4-8-16-14(18)19-13-11(9(3)17)7-6-10(5-2)12(13)15/h6-7,9,17H,4-5,8H2,1-3H3,(H,16,18)/i2D. The number of hydrogen-bond acceptors (Lipinski definition) is 3. The molecule has 1 unspecified atom stereocenters. The Hall–Kier alpha value is -1.62. The van der Waals surface area contributed by atoms with Crippen LogP contribution in [0.5, 0.6) is 5.75 Å². The van der Waals surface area contributed by atoms with Crippen molar-refractivity contribution in [3.05, 3.63) is 29.1 Å². The summed E-state index contributed by atoms with van der Waals surface area (Å²) in [6.45, 7) is 3.82. The maximum Gasteiger partial charge on any atom is 0.412 e. The number of ether oxygens (including phenoxy) is 1. The first-order valence-electron chi connectivity index (χ1n) is 6.96. The van der Waals surface area contributed by atoms with E-state index >= 15 is 0 Å². The second kappa shape index (κ2) is 7.09. The van der Waals surface area contributed by atoms with Gasteiger partial charge in [0.1, 0.15) is 0 Å². The summed E-state index contributed by atoms with van der Waals surface area (Å²) >= 11 is 0. The van der Waals surface area contributed by atoms with Gasteiger partial charge >= 0.3 is 6.09 Å². The molecule has 1 rings (SSSR count). The third kappa shape index (κ3) is 3.92. The monoisotopic (exact) mass is 270 g/mol. The van der Waals surface area contributed by atoms with Crippen LogP contribution in [0.4, 0.5) is 9.18 Å². The van der Waals surface area contributed by atoms with Crippen LogP contribution >= 0.6 is 0 Å². The Morgan fingerprint density at radius 2 is 2.37 bits per heavy atom. The third-order valence-corrected chi connectivity index (χ3v) is 2.64. The zero-order valence-electron chi connectivity index (χ0n) is 12.2. The number of aryl methyl sites for hydroxylation is 1. The van der Waals surface area contributed by atoms with E-state index in [-0.39, 0.29) is 24.6 Å². The highest BCUT2D eigenvalue weighted by Crippen LogP contribution is 2.30. The van der Waals surface area contributed by atoms with Gasteiger partial charge in [0.2, 0.25) is 0 Å². The van der Waals surface area contributed by atoms with Crippen molar-refractivity contribution in [1.29, 1.82) is 0 Å². The van der Waals surface area contributed by atoms with Gasteiger partial charge in [0.05, 0.1) is 6.10 Å². The molecule has 0 spiro atoms. The molecule has 1 atom stereocenters. The number of nitrogens with one attached hydrogen (secondary N) is 1. The van der Waals surface area contributed by atoms with Gasteiger partial charge in [-0.3, -0.25) is 0 Å². The summed E-state index contributed by atoms with van der Waals surface area (Å²) < 4.78 is 26.4. The Bertz CT molecular complexity index is 466. The van der Waals surface area contributed by atoms with Crippen LogP contribution in [0, 0.1) is 5.82 Å². The normalized spacial score (nSPS) is 12.7. The van der Waals surface area contributed by atoms with Gasteiger partial charge in [-0.25, -0.2) is 9.18 Å². The van der Waals surface area contributed by atoms with Crippen LogP contribution in [-0.2, 0) is 6.42 Å². The molecular weight excluding hydrogens is 249 g/mol. The number of halogens is 1. The molecule has 1 aromatic rings. The molecule has 4 nitrogen and oxygen atoms in total. The van der Waals surface area contributed by atoms with Gasteiger partial charge in [-0.05, 0) is 25.3 Å². The molecule has 0 fully saturated rings. The predicted molar refractivity (Wildman–Crippen MR) is 70.7 cm³/mol. The second-order valence-corrected chi connectivity index (χ2v) is 4.20. The van der Waals surface area contributed by atoms with Crippen LogP contribution in [0.15, 0.2) is 12.1 Å². The van der Waals surface area contributed by atoms with Gasteiger partial charge in [-0.15, -0.1) is 0 Å². The summed E-state index contributed by atoms with van der Waals surface area (Å²) in [5.74, 6) is -0.957. The average Bonchev–Trinajstić information content (AvgIpc) is 2.40. The number of benzene rings is 1. The number of aliphatic hydroxyl groups excluding tert-OH is 1. The molecule has 0 aliphatic carbocycles. The van der Waals surface area contributed by atoms with Gasteiger partial charge in [0, 0.05) is 13.5 Å². The summed E-state index contributed by atoms with van der Waals surface area (Å²) in [6, 6.07) is 3.02. The van der Waals surface area contributed by atoms with Crippen LogP contribution in [0.25, 0.3) is 0 Å². The van der Waals surface area contributed by atoms with Crippen LogP contribution < -0.4 is 10.1 Å². The zero-order valence-corrected chi connectivity index (χ0v) is 11.2. The molecule has 0 radical (unpaired) electrons. The largest absolute Gasteiger partial charge is 0.412 e. The number of carbonyl (C=O) groups excluding carboxylic acids is 1. The first kappa shape index (κ1) is 13.8. The Morgan fingerprint density at radius 1 is 1.63 bits per heavy atom. The number of aliphatic hydroxyl groups is 1. The molecule has 1 amide bonds. The molecule has 2 N–H and O–H groups in total. The third-order valence-electron chi connectivity index (χ3n) is 2.64. The van der Waals surface area contributed by atoms with Crippen molar-refractivity contribution in [1.82, 2.24) is 5.32 Å². The van der Waals surface area contributed by atoms with E-state index < -0.39 is 18.0 Å². The zero-order chi connectivity index (χ0) is 15.1. The maximum absolute atomic E-state index is 14.3. The fourth-order valence-corrected chi connectivity index (χ4v) is 1.59. The molecule has 1 aromatic carbocycles. The van der Waals surface area contributed by atoms with E-state index in [0.717, 1.165) is 6.42 Å². The summed E-state index contributed by atoms with van der Waals surface area (Å²) in [5.41, 5.74) is 0.505. The minimum Gasteiger partial charge on any atom is -0.407 e. The van der Waals surface area contributed by atoms with Gasteiger partial charge in [0.15, 0.2) is 11.6 Å². The molecule has 0 aliphatic heterocycles. The van der Waals surface area contributed by atoms with Crippen molar-refractivity contribution in [2.24, 2.45) is 0 Å². The highest BCUT2D eigenvalue weighted by molar-refractivity contribution is 5.71. The van der Waals surface area contributed by atoms with E-state index in [4.69, 9.17) is 6.11 Å². The summed E-state index contributed by atoms with van der Waals surface area (Å²) in [7, 11) is 0. The van der Waals surface area contributed by atoms with E-state index in [1.54, 1.807) is 0 Å². The lowest BCUT2D eigenvalue weighted by Crippen LogP contribution is -2.28. The molecular formula is C14H20FNO3. The van der Waals surface area contributed by atoms with Crippen LogP contribution in [-0.4, -0.2) is 17.7 Å². The first-order valence-corrected chi connectivity index (χ1v) is 6.25. The molecule has 5 heteroatoms. The lowest BCUT2D eigenvalue weighted by atomic mass is 10.0. The SMILES string of the molecule is [2H]CCc1ccc(C(C)O)c(OC(=O)NCCC)c1F. The van der Waals surface area contributed by atoms with Crippen molar-refractivity contribution < 1.29 is 20.4 Å². The van der Waals surface area contributed by atoms with Gasteiger partial charge < -0.3 is 15.2 Å². The molecule has 0 heterocycles. The quantitative estimate of drug-likeness (QED) is 0.864. The molecule has 0 aromatic heterocycles. The Balaban J connectivity index is 3.05. The van der Waals surface area contributed by atoms with E-state index in [0.29, 0.717) is 12.1 Å². The molecule has 0 saturated heterocycles. The smallest absolute Gasteiger partial charge is 0.407 e. The van der Waals surface area contributed by atoms with Gasteiger partial charge in [-0.1, -0.05) is 26.0 Å². The summed E-state index contributed by atoms with van der Waals surface area (Å²) in [5, 5.41) is 12.1. The lowest BCUT2D eigenvalue weighted by Gasteiger charge is -2.15. The summed E-state index contributed by atoms with van der Waals surface area (Å²) in [6.07, 6.45) is -0.752. The first-order chi connectivity index (χ1) is 9.51. The Labute approximate surface area is 114 Å². The van der Waals surface area contributed by atoms with Crippen molar-refractivity contribution >= 4 is 6.09 Å². The molecule has 0 saturated carbocycles. The van der Waals surface area contributed by atoms with Crippen LogP contribution in [0.1, 0.15) is 45.8 Å². The van der Waals surface area contributed by atoms with Crippen molar-refractivity contribution in [3.8, 4) is 5.75 Å². The van der Waals surface area contributed by atoms with Crippen molar-refractivity contribution in [2.75, 3.05) is 6.54 Å². The Kier molecular flexibility index (Phi) is 5.15. The molecule has 0 bridgehead atoms. The van der Waals surface area contributed by atoms with E-state index in [1.807, 2.05) is 6.92 Å². The average molecular weight is 270 g/mol. The van der Waals surface area contributed by atoms with Crippen molar-refractivity contribution in [2.45, 2.75) is 39.7 Å². The second-order valence-electron chi connectivity index (χ2n) is 4.20. The van der Waals surface area contributed by atoms with Gasteiger partial charge in [-0.2, -0.15) is 0 Å². The Morgan fingerprint density at radius 3 is 2.95 bits per heavy atom. The fourth-order valence-electron chi connectivity index (χ4n) is 1.59. The molecule has 0 aliphatic rings. The minimum absolute atomic E-state index is 0.0341. The highest BCUT2D eigenvalue weighted by atomic mass is 19.1. The van der Waals surface area contributed by atoms with Gasteiger partial charge in [0.25, 0.3) is 0 Å². The highest BCUT2D eigenvalue weighted by Gasteiger charge is 2.19. The lowest BCUT2D eigenvalue weighted by molar-refractivity contribution is 0.182. The van der Waals surface area contributed by atoms with E-state index in [2.05, 4.69) is 5.32 Å². The number of hydrogen-bond donors (Lipinski definition) is 2. The minimum atomic E-state index is -0.955.